The molecular weight excluding hydrogens is 393 g/mol. The van der Waals surface area contributed by atoms with Gasteiger partial charge in [0.15, 0.2) is 0 Å². The van der Waals surface area contributed by atoms with Gasteiger partial charge in [-0.1, -0.05) is 12.1 Å². The molecule has 0 spiro atoms. The van der Waals surface area contributed by atoms with E-state index in [4.69, 9.17) is 0 Å². The topological polar surface area (TPSA) is 66.5 Å². The van der Waals surface area contributed by atoms with Gasteiger partial charge < -0.3 is 5.32 Å². The zero-order valence-corrected chi connectivity index (χ0v) is 16.7. The van der Waals surface area contributed by atoms with Gasteiger partial charge in [-0.2, -0.15) is 13.2 Å². The van der Waals surface area contributed by atoms with E-state index in [1.54, 1.807) is 19.9 Å². The van der Waals surface area contributed by atoms with Crippen LogP contribution in [0.15, 0.2) is 41.3 Å². The quantitative estimate of drug-likeness (QED) is 0.814. The summed E-state index contributed by atoms with van der Waals surface area (Å²) in [5, 5.41) is 2.53. The molecule has 28 heavy (non-hydrogen) atoms. The highest BCUT2D eigenvalue weighted by Gasteiger charge is 2.30. The van der Waals surface area contributed by atoms with E-state index in [0.717, 1.165) is 16.4 Å². The third kappa shape index (κ3) is 4.71. The molecule has 1 N–H and O–H groups in total. The molecule has 9 heteroatoms. The van der Waals surface area contributed by atoms with Crippen LogP contribution in [0.25, 0.3) is 0 Å². The Bertz CT molecular complexity index is 1000. The minimum Gasteiger partial charge on any atom is -0.348 e. The Hall–Kier alpha value is -2.39. The van der Waals surface area contributed by atoms with Gasteiger partial charge in [-0.05, 0) is 54.8 Å². The number of nitrogens with zero attached hydrogens (tertiary/aromatic N) is 1. The van der Waals surface area contributed by atoms with Crippen LogP contribution in [0.5, 0.6) is 0 Å². The first-order valence-corrected chi connectivity index (χ1v) is 9.76. The Morgan fingerprint density at radius 3 is 2.32 bits per heavy atom. The van der Waals surface area contributed by atoms with Crippen molar-refractivity contribution in [2.24, 2.45) is 0 Å². The highest BCUT2D eigenvalue weighted by molar-refractivity contribution is 7.89. The van der Waals surface area contributed by atoms with Crippen LogP contribution in [0.4, 0.5) is 13.2 Å². The van der Waals surface area contributed by atoms with Crippen molar-refractivity contribution in [3.05, 3.63) is 64.2 Å². The predicted molar refractivity (Wildman–Crippen MR) is 99.4 cm³/mol. The molecule has 0 unspecified atom stereocenters. The molecule has 0 aliphatic heterocycles. The summed E-state index contributed by atoms with van der Waals surface area (Å²) in [4.78, 5) is 12.5. The number of halogens is 3. The highest BCUT2D eigenvalue weighted by atomic mass is 32.2. The van der Waals surface area contributed by atoms with Gasteiger partial charge in [0.05, 0.1) is 10.5 Å². The van der Waals surface area contributed by atoms with E-state index in [-0.39, 0.29) is 22.6 Å². The van der Waals surface area contributed by atoms with E-state index in [0.29, 0.717) is 11.1 Å². The van der Waals surface area contributed by atoms with Crippen LogP contribution in [0.3, 0.4) is 0 Å². The lowest BCUT2D eigenvalue weighted by Gasteiger charge is -2.16. The van der Waals surface area contributed by atoms with Crippen molar-refractivity contribution >= 4 is 15.9 Å². The molecule has 0 atom stereocenters. The maximum absolute atomic E-state index is 12.8. The van der Waals surface area contributed by atoms with Crippen molar-refractivity contribution in [1.82, 2.24) is 9.62 Å². The van der Waals surface area contributed by atoms with E-state index in [1.165, 1.54) is 32.3 Å². The van der Waals surface area contributed by atoms with Crippen molar-refractivity contribution in [1.29, 1.82) is 0 Å². The summed E-state index contributed by atoms with van der Waals surface area (Å²) >= 11 is 0. The lowest BCUT2D eigenvalue weighted by atomic mass is 10.1. The Morgan fingerprint density at radius 1 is 1.11 bits per heavy atom. The Labute approximate surface area is 162 Å². The molecule has 0 saturated carbocycles. The van der Waals surface area contributed by atoms with E-state index in [9.17, 15) is 26.4 Å². The number of carbonyl (C=O) groups excluding carboxylic acids is 1. The number of sulfonamides is 1. The normalized spacial score (nSPS) is 12.3. The molecule has 0 radical (unpaired) electrons. The number of carbonyl (C=O) groups is 1. The lowest BCUT2D eigenvalue weighted by Crippen LogP contribution is -2.26. The molecule has 0 aliphatic rings. The monoisotopic (exact) mass is 414 g/mol. The standard InChI is InChI=1S/C19H21F3N2O3S/c1-12-8-15(10-17(13(12)2)28(26,27)24(3)4)18(25)23-11-14-6-5-7-16(9-14)19(20,21)22/h5-10H,11H2,1-4H3,(H,23,25). The third-order valence-electron chi connectivity index (χ3n) is 4.35. The number of hydrogen-bond acceptors (Lipinski definition) is 3. The van der Waals surface area contributed by atoms with Gasteiger partial charge in [-0.15, -0.1) is 0 Å². The molecule has 0 bridgehead atoms. The van der Waals surface area contributed by atoms with Gasteiger partial charge in [0.2, 0.25) is 10.0 Å². The number of rotatable bonds is 5. The Balaban J connectivity index is 2.28. The minimum absolute atomic E-state index is 0.0155. The van der Waals surface area contributed by atoms with E-state index < -0.39 is 27.7 Å². The van der Waals surface area contributed by atoms with Gasteiger partial charge in [0.1, 0.15) is 0 Å². The van der Waals surface area contributed by atoms with Gasteiger partial charge in [-0.3, -0.25) is 4.79 Å². The second kappa shape index (κ2) is 7.92. The van der Waals surface area contributed by atoms with Gasteiger partial charge >= 0.3 is 6.18 Å². The molecule has 2 aromatic rings. The molecule has 2 rings (SSSR count). The fraction of sp³-hybridized carbons (Fsp3) is 0.316. The second-order valence-electron chi connectivity index (χ2n) is 6.58. The van der Waals surface area contributed by atoms with Crippen LogP contribution in [-0.4, -0.2) is 32.7 Å². The Kier molecular flexibility index (Phi) is 6.20. The first-order valence-electron chi connectivity index (χ1n) is 8.32. The summed E-state index contributed by atoms with van der Waals surface area (Å²) in [5.41, 5.74) is 0.753. The van der Waals surface area contributed by atoms with Crippen molar-refractivity contribution in [2.45, 2.75) is 31.5 Å². The van der Waals surface area contributed by atoms with Gasteiger partial charge in [0.25, 0.3) is 5.91 Å². The average molecular weight is 414 g/mol. The summed E-state index contributed by atoms with van der Waals surface area (Å²) in [6, 6.07) is 7.47. The summed E-state index contributed by atoms with van der Waals surface area (Å²) in [6.45, 7) is 3.22. The maximum Gasteiger partial charge on any atom is 0.416 e. The molecule has 0 aromatic heterocycles. The van der Waals surface area contributed by atoms with Crippen LogP contribution in [-0.2, 0) is 22.7 Å². The van der Waals surface area contributed by atoms with E-state index >= 15 is 0 Å². The summed E-state index contributed by atoms with van der Waals surface area (Å²) in [6.07, 6.45) is -4.47. The summed E-state index contributed by atoms with van der Waals surface area (Å²) < 4.78 is 64.4. The predicted octanol–water partition coefficient (Wildman–Crippen LogP) is 3.50. The maximum atomic E-state index is 12.8. The SMILES string of the molecule is Cc1cc(C(=O)NCc2cccc(C(F)(F)F)c2)cc(S(=O)(=O)N(C)C)c1C. The first-order chi connectivity index (χ1) is 12.8. The number of aryl methyl sites for hydroxylation is 1. The van der Waals surface area contributed by atoms with E-state index in [2.05, 4.69) is 5.32 Å². The smallest absolute Gasteiger partial charge is 0.348 e. The molecule has 0 fully saturated rings. The van der Waals surface area contributed by atoms with Gasteiger partial charge in [0, 0.05) is 26.2 Å². The average Bonchev–Trinajstić information content (AvgIpc) is 2.61. The fourth-order valence-corrected chi connectivity index (χ4v) is 3.78. The molecule has 1 amide bonds. The first kappa shape index (κ1) is 21.9. The molecular formula is C19H21F3N2O3S. The molecule has 0 heterocycles. The Morgan fingerprint density at radius 2 is 1.75 bits per heavy atom. The van der Waals surface area contributed by atoms with Gasteiger partial charge in [-0.25, -0.2) is 12.7 Å². The summed E-state index contributed by atoms with van der Waals surface area (Å²) in [5.74, 6) is -0.573. The number of benzene rings is 2. The minimum atomic E-state index is -4.47. The molecule has 0 saturated heterocycles. The van der Waals surface area contributed by atoms with Crippen molar-refractivity contribution in [2.75, 3.05) is 14.1 Å². The van der Waals surface area contributed by atoms with Crippen LogP contribution >= 0.6 is 0 Å². The van der Waals surface area contributed by atoms with Crippen molar-refractivity contribution in [3.63, 3.8) is 0 Å². The molecule has 5 nitrogen and oxygen atoms in total. The highest BCUT2D eigenvalue weighted by Crippen LogP contribution is 2.29. The number of nitrogens with one attached hydrogen (secondary N) is 1. The molecule has 2 aromatic carbocycles. The number of amides is 1. The lowest BCUT2D eigenvalue weighted by molar-refractivity contribution is -0.137. The van der Waals surface area contributed by atoms with Crippen LogP contribution in [0, 0.1) is 13.8 Å². The van der Waals surface area contributed by atoms with Crippen molar-refractivity contribution in [3.8, 4) is 0 Å². The zero-order valence-electron chi connectivity index (χ0n) is 15.9. The zero-order chi connectivity index (χ0) is 21.3. The van der Waals surface area contributed by atoms with Crippen LogP contribution in [0.2, 0.25) is 0 Å². The second-order valence-corrected chi connectivity index (χ2v) is 8.70. The van der Waals surface area contributed by atoms with Crippen LogP contribution in [0.1, 0.15) is 32.6 Å². The largest absolute Gasteiger partial charge is 0.416 e. The fourth-order valence-electron chi connectivity index (χ4n) is 2.56. The number of alkyl halides is 3. The number of hydrogen-bond donors (Lipinski definition) is 1. The summed E-state index contributed by atoms with van der Waals surface area (Å²) in [7, 11) is -0.960. The molecule has 152 valence electrons. The molecule has 0 aliphatic carbocycles. The van der Waals surface area contributed by atoms with Crippen molar-refractivity contribution < 1.29 is 26.4 Å². The third-order valence-corrected chi connectivity index (χ3v) is 6.29. The van der Waals surface area contributed by atoms with Crippen LogP contribution < -0.4 is 5.32 Å². The van der Waals surface area contributed by atoms with E-state index in [1.807, 2.05) is 0 Å².